The summed E-state index contributed by atoms with van der Waals surface area (Å²) in [5, 5.41) is 0. The topological polar surface area (TPSA) is 12.0 Å². The molecule has 0 aliphatic rings. The minimum atomic E-state index is -1.24. The van der Waals surface area contributed by atoms with Crippen molar-refractivity contribution in [2.24, 2.45) is 0 Å². The lowest BCUT2D eigenvalue weighted by molar-refractivity contribution is 1.32. The molecule has 0 aromatic rings. The maximum atomic E-state index is 3.84. The summed E-state index contributed by atoms with van der Waals surface area (Å²) in [5.74, 6) is 0. The van der Waals surface area contributed by atoms with Gasteiger partial charge in [-0.3, -0.25) is 0 Å². The highest BCUT2D eigenvalue weighted by Crippen LogP contribution is 2.04. The summed E-state index contributed by atoms with van der Waals surface area (Å²) in [4.78, 5) is 0. The van der Waals surface area contributed by atoms with Crippen LogP contribution in [0.25, 0.3) is 0 Å². The summed E-state index contributed by atoms with van der Waals surface area (Å²) in [6.07, 6.45) is 0. The first-order valence-corrected chi connectivity index (χ1v) is 10.3. The predicted molar refractivity (Wildman–Crippen MR) is 54.2 cm³/mol. The molecule has 0 bridgehead atoms. The maximum absolute atomic E-state index is 3.84. The molecule has 0 unspecified atom stereocenters. The van der Waals surface area contributed by atoms with Gasteiger partial charge in [-0.2, -0.15) is 0 Å². The third-order valence-electron chi connectivity index (χ3n) is 1.21. The molecule has 0 atom stereocenters. The molecule has 0 fully saturated rings. The molecule has 0 aromatic carbocycles. The highest BCUT2D eigenvalue weighted by Gasteiger charge is 2.23. The van der Waals surface area contributed by atoms with Crippen molar-refractivity contribution in [3.63, 3.8) is 0 Å². The largest absolute Gasteiger partial charge is 0.357 e. The van der Waals surface area contributed by atoms with E-state index in [4.69, 9.17) is 0 Å². The Morgan fingerprint density at radius 2 is 1.50 bits per heavy atom. The molecule has 3 heteroatoms. The fourth-order valence-electron chi connectivity index (χ4n) is 1.02. The van der Waals surface area contributed by atoms with Gasteiger partial charge in [-0.25, -0.2) is 0 Å². The van der Waals surface area contributed by atoms with Gasteiger partial charge < -0.3 is 4.65 Å². The normalized spacial score (nSPS) is 13.3. The lowest BCUT2D eigenvalue weighted by Crippen LogP contribution is -2.56. The molecule has 1 N–H and O–H groups in total. The van der Waals surface area contributed by atoms with Crippen LogP contribution in [0.1, 0.15) is 0 Å². The van der Waals surface area contributed by atoms with Gasteiger partial charge in [0.2, 0.25) is 0 Å². The number of nitrogens with one attached hydrogen (secondary N) is 1. The van der Waals surface area contributed by atoms with Crippen LogP contribution in [-0.2, 0) is 0 Å². The quantitative estimate of drug-likeness (QED) is 0.646. The van der Waals surface area contributed by atoms with Gasteiger partial charge in [-0.1, -0.05) is 38.4 Å². The predicted octanol–water partition coefficient (Wildman–Crippen LogP) is 2.34. The van der Waals surface area contributed by atoms with Gasteiger partial charge in [0.25, 0.3) is 0 Å². The van der Waals surface area contributed by atoms with Gasteiger partial charge in [0.05, 0.1) is 0 Å². The van der Waals surface area contributed by atoms with E-state index in [2.05, 4.69) is 49.7 Å². The summed E-state index contributed by atoms with van der Waals surface area (Å²) in [6, 6.07) is 0. The van der Waals surface area contributed by atoms with E-state index in [1.807, 2.05) is 0 Å². The molecule has 0 radical (unpaired) electrons. The second-order valence-electron chi connectivity index (χ2n) is 4.30. The minimum absolute atomic E-state index is 1.07. The summed E-state index contributed by atoms with van der Waals surface area (Å²) < 4.78 is 3.70. The number of hydrogen-bond acceptors (Lipinski definition) is 1. The molecular weight excluding hydrogens is 154 g/mol. The van der Waals surface area contributed by atoms with Gasteiger partial charge in [0.1, 0.15) is 16.5 Å². The Hall–Kier alpha value is 0.134. The highest BCUT2D eigenvalue weighted by molar-refractivity contribution is 6.93. The molecule has 0 aliphatic carbocycles. The van der Waals surface area contributed by atoms with Crippen molar-refractivity contribution in [1.82, 2.24) is 4.65 Å². The molecule has 0 rings (SSSR count). The van der Waals surface area contributed by atoms with Crippen LogP contribution in [0, 0.1) is 0 Å². The Labute approximate surface area is 66.7 Å². The molecule has 0 heterocycles. The van der Waals surface area contributed by atoms with Gasteiger partial charge in [0, 0.05) is 0 Å². The third-order valence-corrected chi connectivity index (χ3v) is 7.81. The first-order valence-electron chi connectivity index (χ1n) is 3.70. The number of rotatable bonds is 3. The summed E-state index contributed by atoms with van der Waals surface area (Å²) in [5.41, 5.74) is 2.10. The van der Waals surface area contributed by atoms with Crippen molar-refractivity contribution in [3.8, 4) is 0 Å². The van der Waals surface area contributed by atoms with E-state index in [-0.39, 0.29) is 0 Å². The van der Waals surface area contributed by atoms with E-state index in [1.165, 1.54) is 0 Å². The first kappa shape index (κ1) is 10.1. The second kappa shape index (κ2) is 3.02. The van der Waals surface area contributed by atoms with Crippen LogP contribution < -0.4 is 4.65 Å². The fourth-order valence-corrected chi connectivity index (χ4v) is 9.16. The molecule has 1 nitrogen and oxygen atoms in total. The van der Waals surface area contributed by atoms with Crippen LogP contribution in [0.5, 0.6) is 0 Å². The molecule has 0 saturated heterocycles. The Bertz CT molecular complexity index is 124. The monoisotopic (exact) mass is 173 g/mol. The molecule has 0 amide bonds. The lowest BCUT2D eigenvalue weighted by atomic mass is 11.3. The van der Waals surface area contributed by atoms with E-state index < -0.39 is 16.5 Å². The van der Waals surface area contributed by atoms with Crippen molar-refractivity contribution in [2.75, 3.05) is 0 Å². The van der Waals surface area contributed by atoms with Crippen molar-refractivity contribution in [2.45, 2.75) is 32.7 Å². The zero-order chi connectivity index (χ0) is 8.41. The Kier molecular flexibility index (Phi) is 3.07. The van der Waals surface area contributed by atoms with E-state index in [9.17, 15) is 0 Å². The van der Waals surface area contributed by atoms with Crippen LogP contribution in [0.3, 0.4) is 0 Å². The zero-order valence-electron chi connectivity index (χ0n) is 7.78. The fraction of sp³-hybridized carbons (Fsp3) is 0.714. The van der Waals surface area contributed by atoms with Crippen molar-refractivity contribution >= 4 is 16.5 Å². The SMILES string of the molecule is C=C[Si](C)(C)N[Si](C)(C)C. The smallest absolute Gasteiger partial charge is 0.137 e. The van der Waals surface area contributed by atoms with Crippen LogP contribution in [0.4, 0.5) is 0 Å². The van der Waals surface area contributed by atoms with Crippen molar-refractivity contribution in [1.29, 1.82) is 0 Å². The van der Waals surface area contributed by atoms with E-state index in [0.717, 1.165) is 0 Å². The van der Waals surface area contributed by atoms with Gasteiger partial charge in [-0.15, -0.1) is 6.58 Å². The van der Waals surface area contributed by atoms with Gasteiger partial charge in [-0.05, 0) is 0 Å². The van der Waals surface area contributed by atoms with Crippen LogP contribution >= 0.6 is 0 Å². The van der Waals surface area contributed by atoms with Gasteiger partial charge >= 0.3 is 0 Å². The molecule has 0 aliphatic heterocycles. The number of hydrogen-bond donors (Lipinski definition) is 1. The first-order chi connectivity index (χ1) is 4.27. The summed E-state index contributed by atoms with van der Waals surface area (Å²) in [6.45, 7) is 15.4. The molecule has 0 aromatic heterocycles. The van der Waals surface area contributed by atoms with Crippen molar-refractivity contribution < 1.29 is 0 Å². The minimum Gasteiger partial charge on any atom is -0.357 e. The van der Waals surface area contributed by atoms with E-state index in [1.54, 1.807) is 0 Å². The molecule has 10 heavy (non-hydrogen) atoms. The van der Waals surface area contributed by atoms with Crippen molar-refractivity contribution in [3.05, 3.63) is 12.3 Å². The zero-order valence-corrected chi connectivity index (χ0v) is 9.78. The van der Waals surface area contributed by atoms with Crippen LogP contribution in [0.2, 0.25) is 32.7 Å². The average Bonchev–Trinajstić information content (AvgIpc) is 1.60. The molecule has 0 spiro atoms. The Balaban J connectivity index is 4.01. The standard InChI is InChI=1S/C7H19NSi2/c1-7-10(5,6)8-9(2,3)4/h7-8H,1H2,2-6H3. The molecule has 60 valence electrons. The molecule has 0 saturated carbocycles. The maximum Gasteiger partial charge on any atom is 0.137 e. The lowest BCUT2D eigenvalue weighted by Gasteiger charge is -2.29. The highest BCUT2D eigenvalue weighted by atomic mass is 28.4. The summed E-state index contributed by atoms with van der Waals surface area (Å²) >= 11 is 0. The molecular formula is C7H19NSi2. The average molecular weight is 173 g/mol. The second-order valence-corrected chi connectivity index (χ2v) is 13.7. The van der Waals surface area contributed by atoms with E-state index >= 15 is 0 Å². The van der Waals surface area contributed by atoms with Crippen LogP contribution in [0.15, 0.2) is 12.3 Å². The van der Waals surface area contributed by atoms with Crippen LogP contribution in [-0.4, -0.2) is 16.5 Å². The van der Waals surface area contributed by atoms with E-state index in [0.29, 0.717) is 0 Å². The summed E-state index contributed by atoms with van der Waals surface area (Å²) in [7, 11) is -2.31. The Morgan fingerprint density at radius 1 is 1.10 bits per heavy atom. The Morgan fingerprint density at radius 3 is 1.60 bits per heavy atom. The third kappa shape index (κ3) is 4.96. The van der Waals surface area contributed by atoms with Gasteiger partial charge in [0.15, 0.2) is 0 Å².